The van der Waals surface area contributed by atoms with Crippen molar-refractivity contribution >= 4 is 5.96 Å². The summed E-state index contributed by atoms with van der Waals surface area (Å²) >= 11 is 0. The van der Waals surface area contributed by atoms with E-state index in [0.29, 0.717) is 0 Å². The van der Waals surface area contributed by atoms with Gasteiger partial charge in [0.25, 0.3) is 0 Å². The molecule has 142 valence electrons. The average molecular weight is 340 g/mol. The second-order valence-corrected chi connectivity index (χ2v) is 7.45. The summed E-state index contributed by atoms with van der Waals surface area (Å²) in [6.07, 6.45) is 6.49. The number of guanidine groups is 1. The molecule has 0 amide bonds. The van der Waals surface area contributed by atoms with E-state index in [1.165, 1.54) is 51.7 Å². The van der Waals surface area contributed by atoms with E-state index < -0.39 is 0 Å². The molecule has 1 aliphatic rings. The third-order valence-corrected chi connectivity index (χ3v) is 5.21. The van der Waals surface area contributed by atoms with Crippen LogP contribution in [0.1, 0.15) is 59.8 Å². The van der Waals surface area contributed by atoms with E-state index in [4.69, 9.17) is 0 Å². The molecular formula is C19H41N5. The Hall–Kier alpha value is -0.810. The van der Waals surface area contributed by atoms with Gasteiger partial charge in [-0.3, -0.25) is 9.89 Å². The molecule has 1 saturated heterocycles. The van der Waals surface area contributed by atoms with Gasteiger partial charge in [-0.1, -0.05) is 20.3 Å². The van der Waals surface area contributed by atoms with Crippen molar-refractivity contribution in [3.05, 3.63) is 0 Å². The van der Waals surface area contributed by atoms with E-state index in [9.17, 15) is 0 Å². The summed E-state index contributed by atoms with van der Waals surface area (Å²) < 4.78 is 0. The number of aliphatic imine (C=N–C) groups is 1. The zero-order chi connectivity index (χ0) is 17.8. The molecule has 1 fully saturated rings. The molecule has 0 aromatic rings. The van der Waals surface area contributed by atoms with Gasteiger partial charge in [0.05, 0.1) is 0 Å². The number of hydrogen-bond donors (Lipinski definition) is 2. The second-order valence-electron chi connectivity index (χ2n) is 7.45. The van der Waals surface area contributed by atoms with E-state index in [2.05, 4.69) is 53.1 Å². The summed E-state index contributed by atoms with van der Waals surface area (Å²) in [5.41, 5.74) is 0.181. The number of hydrogen-bond acceptors (Lipinski definition) is 3. The summed E-state index contributed by atoms with van der Waals surface area (Å²) in [4.78, 5) is 9.46. The molecule has 5 nitrogen and oxygen atoms in total. The Morgan fingerprint density at radius 3 is 2.29 bits per heavy atom. The van der Waals surface area contributed by atoms with Gasteiger partial charge in [0.15, 0.2) is 5.96 Å². The van der Waals surface area contributed by atoms with Gasteiger partial charge in [0.2, 0.25) is 0 Å². The van der Waals surface area contributed by atoms with E-state index in [1.54, 1.807) is 0 Å². The van der Waals surface area contributed by atoms with Crippen molar-refractivity contribution in [1.29, 1.82) is 0 Å². The fourth-order valence-electron chi connectivity index (χ4n) is 3.34. The monoisotopic (exact) mass is 339 g/mol. The highest BCUT2D eigenvalue weighted by Crippen LogP contribution is 2.19. The SMILES string of the molecule is CCN(CC)CCCCNC(=NC)NCC(C)(C)N1CCCCC1. The summed E-state index contributed by atoms with van der Waals surface area (Å²) in [7, 11) is 1.86. The Balaban J connectivity index is 2.22. The van der Waals surface area contributed by atoms with Crippen LogP contribution >= 0.6 is 0 Å². The van der Waals surface area contributed by atoms with Crippen LogP contribution in [0.3, 0.4) is 0 Å². The second kappa shape index (κ2) is 11.7. The number of piperidine rings is 1. The molecule has 0 bridgehead atoms. The largest absolute Gasteiger partial charge is 0.356 e. The van der Waals surface area contributed by atoms with Gasteiger partial charge in [-0.25, -0.2) is 0 Å². The maximum Gasteiger partial charge on any atom is 0.191 e. The predicted molar refractivity (Wildman–Crippen MR) is 106 cm³/mol. The van der Waals surface area contributed by atoms with E-state index in [0.717, 1.165) is 32.1 Å². The van der Waals surface area contributed by atoms with Gasteiger partial charge in [-0.15, -0.1) is 0 Å². The standard InChI is InChI=1S/C19H41N5/c1-6-23(7-2)14-12-9-13-21-18(20-5)22-17-19(3,4)24-15-10-8-11-16-24/h6-17H2,1-5H3,(H2,20,21,22). The number of likely N-dealkylation sites (tertiary alicyclic amines) is 1. The first-order chi connectivity index (χ1) is 11.5. The Morgan fingerprint density at radius 2 is 1.71 bits per heavy atom. The lowest BCUT2D eigenvalue weighted by Gasteiger charge is -2.41. The smallest absolute Gasteiger partial charge is 0.191 e. The lowest BCUT2D eigenvalue weighted by Crippen LogP contribution is -2.54. The maximum absolute atomic E-state index is 4.37. The third kappa shape index (κ3) is 7.84. The van der Waals surface area contributed by atoms with Crippen molar-refractivity contribution in [2.75, 3.05) is 52.9 Å². The molecule has 24 heavy (non-hydrogen) atoms. The lowest BCUT2D eigenvalue weighted by atomic mass is 9.98. The number of nitrogens with one attached hydrogen (secondary N) is 2. The molecule has 0 aliphatic carbocycles. The van der Waals surface area contributed by atoms with Crippen LogP contribution in [0.2, 0.25) is 0 Å². The highest BCUT2D eigenvalue weighted by atomic mass is 15.2. The number of nitrogens with zero attached hydrogens (tertiary/aromatic N) is 3. The van der Waals surface area contributed by atoms with E-state index in [-0.39, 0.29) is 5.54 Å². The Kier molecular flexibility index (Phi) is 10.3. The molecule has 0 aromatic heterocycles. The molecule has 2 N–H and O–H groups in total. The van der Waals surface area contributed by atoms with Gasteiger partial charge < -0.3 is 15.5 Å². The van der Waals surface area contributed by atoms with Crippen molar-refractivity contribution in [1.82, 2.24) is 20.4 Å². The first-order valence-corrected chi connectivity index (χ1v) is 9.95. The molecule has 1 rings (SSSR count). The zero-order valence-electron chi connectivity index (χ0n) is 16.8. The molecule has 1 heterocycles. The fraction of sp³-hybridized carbons (Fsp3) is 0.947. The van der Waals surface area contributed by atoms with Crippen molar-refractivity contribution < 1.29 is 0 Å². The Labute approximate surface area is 150 Å². The van der Waals surface area contributed by atoms with Crippen molar-refractivity contribution in [2.24, 2.45) is 4.99 Å². The molecular weight excluding hydrogens is 298 g/mol. The Morgan fingerprint density at radius 1 is 1.04 bits per heavy atom. The highest BCUT2D eigenvalue weighted by molar-refractivity contribution is 5.79. The minimum atomic E-state index is 0.181. The first kappa shape index (κ1) is 21.2. The predicted octanol–water partition coefficient (Wildman–Crippen LogP) is 2.54. The molecule has 0 radical (unpaired) electrons. The number of rotatable bonds is 10. The van der Waals surface area contributed by atoms with Crippen molar-refractivity contribution in [2.45, 2.75) is 65.3 Å². The first-order valence-electron chi connectivity index (χ1n) is 9.95. The molecule has 5 heteroatoms. The normalized spacial score (nSPS) is 17.3. The van der Waals surface area contributed by atoms with E-state index >= 15 is 0 Å². The third-order valence-electron chi connectivity index (χ3n) is 5.21. The molecule has 0 saturated carbocycles. The van der Waals surface area contributed by atoms with Crippen LogP contribution in [-0.2, 0) is 0 Å². The summed E-state index contributed by atoms with van der Waals surface area (Å²) in [6.45, 7) is 17.0. The molecule has 0 aromatic carbocycles. The van der Waals surface area contributed by atoms with Crippen LogP contribution in [0.15, 0.2) is 4.99 Å². The molecule has 0 unspecified atom stereocenters. The Bertz CT molecular complexity index is 344. The summed E-state index contributed by atoms with van der Waals surface area (Å²) in [6, 6.07) is 0. The van der Waals surface area contributed by atoms with Crippen LogP contribution in [0.5, 0.6) is 0 Å². The van der Waals surface area contributed by atoms with Crippen LogP contribution in [0.25, 0.3) is 0 Å². The van der Waals surface area contributed by atoms with Crippen molar-refractivity contribution in [3.63, 3.8) is 0 Å². The average Bonchev–Trinajstić information content (AvgIpc) is 2.61. The van der Waals surface area contributed by atoms with E-state index in [1.807, 2.05) is 7.05 Å². The molecule has 0 spiro atoms. The quantitative estimate of drug-likeness (QED) is 0.365. The van der Waals surface area contributed by atoms with Crippen LogP contribution in [0.4, 0.5) is 0 Å². The number of unbranched alkanes of at least 4 members (excludes halogenated alkanes) is 1. The highest BCUT2D eigenvalue weighted by Gasteiger charge is 2.27. The summed E-state index contributed by atoms with van der Waals surface area (Å²) in [5, 5.41) is 6.97. The topological polar surface area (TPSA) is 42.9 Å². The van der Waals surface area contributed by atoms with Crippen LogP contribution in [0, 0.1) is 0 Å². The fourth-order valence-corrected chi connectivity index (χ4v) is 3.34. The minimum Gasteiger partial charge on any atom is -0.356 e. The zero-order valence-corrected chi connectivity index (χ0v) is 16.8. The van der Waals surface area contributed by atoms with Gasteiger partial charge in [0.1, 0.15) is 0 Å². The van der Waals surface area contributed by atoms with Gasteiger partial charge >= 0.3 is 0 Å². The van der Waals surface area contributed by atoms with Gasteiger partial charge in [-0.05, 0) is 72.3 Å². The minimum absolute atomic E-state index is 0.181. The van der Waals surface area contributed by atoms with Gasteiger partial charge in [-0.2, -0.15) is 0 Å². The molecule has 0 atom stereocenters. The maximum atomic E-state index is 4.37. The lowest BCUT2D eigenvalue weighted by molar-refractivity contribution is 0.0982. The summed E-state index contributed by atoms with van der Waals surface area (Å²) in [5.74, 6) is 0.933. The van der Waals surface area contributed by atoms with Crippen molar-refractivity contribution in [3.8, 4) is 0 Å². The van der Waals surface area contributed by atoms with Crippen LogP contribution in [-0.4, -0.2) is 74.2 Å². The van der Waals surface area contributed by atoms with Gasteiger partial charge in [0, 0.05) is 25.7 Å². The molecule has 1 aliphatic heterocycles. The van der Waals surface area contributed by atoms with Crippen LogP contribution < -0.4 is 10.6 Å².